The summed E-state index contributed by atoms with van der Waals surface area (Å²) < 4.78 is 12.4. The fourth-order valence-corrected chi connectivity index (χ4v) is 6.81. The molecule has 1 heterocycles. The zero-order valence-corrected chi connectivity index (χ0v) is 15.9. The van der Waals surface area contributed by atoms with Crippen molar-refractivity contribution in [3.63, 3.8) is 0 Å². The molecule has 4 atom stereocenters. The highest BCUT2D eigenvalue weighted by atomic mass is 16.7. The quantitative estimate of drug-likeness (QED) is 0.612. The van der Waals surface area contributed by atoms with E-state index >= 15 is 0 Å². The molecule has 0 radical (unpaired) electrons. The van der Waals surface area contributed by atoms with Gasteiger partial charge in [-0.3, -0.25) is 4.79 Å². The highest BCUT2D eigenvalue weighted by Crippen LogP contribution is 2.68. The van der Waals surface area contributed by atoms with Crippen LogP contribution in [0.4, 0.5) is 0 Å². The number of hydrogen-bond donors (Lipinski definition) is 0. The summed E-state index contributed by atoms with van der Waals surface area (Å²) in [6, 6.07) is 0. The van der Waals surface area contributed by atoms with Crippen molar-refractivity contribution < 1.29 is 14.3 Å². The normalized spacial score (nSPS) is 46.4. The highest BCUT2D eigenvalue weighted by Gasteiger charge is 2.66. The number of hydrogen-bond acceptors (Lipinski definition) is 3. The van der Waals surface area contributed by atoms with Crippen molar-refractivity contribution in [1.29, 1.82) is 0 Å². The molecule has 1 saturated heterocycles. The van der Waals surface area contributed by atoms with Crippen molar-refractivity contribution in [3.05, 3.63) is 11.6 Å². The maximum Gasteiger partial charge on any atom is 0.173 e. The van der Waals surface area contributed by atoms with Gasteiger partial charge in [0.05, 0.1) is 13.2 Å². The van der Waals surface area contributed by atoms with Crippen LogP contribution in [0.2, 0.25) is 0 Å². The molecule has 0 bridgehead atoms. The van der Waals surface area contributed by atoms with Gasteiger partial charge in [-0.25, -0.2) is 0 Å². The van der Waals surface area contributed by atoms with E-state index in [2.05, 4.69) is 40.7 Å². The lowest BCUT2D eigenvalue weighted by Crippen LogP contribution is -2.62. The maximum absolute atomic E-state index is 13.0. The minimum absolute atomic E-state index is 0.0369. The van der Waals surface area contributed by atoms with Crippen LogP contribution in [0.15, 0.2) is 11.6 Å². The third kappa shape index (κ3) is 1.83. The molecular weight excluding hydrogens is 300 g/mol. The van der Waals surface area contributed by atoms with Gasteiger partial charge in [0, 0.05) is 23.2 Å². The van der Waals surface area contributed by atoms with Crippen LogP contribution >= 0.6 is 0 Å². The standard InChI is InChI=1S/C21H32O3/c1-14-6-7-16-19(4)10-11-21(23-12-13-24-21)18(2,3)15(19)8-9-20(16,5)17(14)22/h7,14-15H,6,8-13H2,1-5H3/t14-,15-,19-,20?/m0/s1. The number of carbonyl (C=O) groups is 1. The molecule has 24 heavy (non-hydrogen) atoms. The number of Topliss-reactive ketones (excluding diaryl/α,β-unsaturated/α-hetero) is 1. The van der Waals surface area contributed by atoms with Crippen LogP contribution in [0.3, 0.4) is 0 Å². The molecule has 0 N–H and O–H groups in total. The predicted molar refractivity (Wildman–Crippen MR) is 93.5 cm³/mol. The van der Waals surface area contributed by atoms with E-state index < -0.39 is 5.79 Å². The van der Waals surface area contributed by atoms with Crippen LogP contribution in [-0.2, 0) is 14.3 Å². The molecule has 4 rings (SSSR count). The zero-order chi connectivity index (χ0) is 17.4. The summed E-state index contributed by atoms with van der Waals surface area (Å²) in [5.74, 6) is 0.712. The van der Waals surface area contributed by atoms with Crippen LogP contribution < -0.4 is 0 Å². The first-order valence-electron chi connectivity index (χ1n) is 9.71. The van der Waals surface area contributed by atoms with Gasteiger partial charge < -0.3 is 9.47 Å². The number of allylic oxidation sites excluding steroid dienone is 2. The van der Waals surface area contributed by atoms with E-state index in [9.17, 15) is 4.79 Å². The molecule has 3 nitrogen and oxygen atoms in total. The number of ether oxygens (including phenoxy) is 2. The Hall–Kier alpha value is -0.670. The summed E-state index contributed by atoms with van der Waals surface area (Å²) in [6.07, 6.45) is 7.38. The second kappa shape index (κ2) is 4.94. The van der Waals surface area contributed by atoms with Crippen molar-refractivity contribution in [2.75, 3.05) is 13.2 Å². The largest absolute Gasteiger partial charge is 0.347 e. The van der Waals surface area contributed by atoms with Crippen molar-refractivity contribution in [1.82, 2.24) is 0 Å². The molecule has 0 aromatic rings. The van der Waals surface area contributed by atoms with Gasteiger partial charge >= 0.3 is 0 Å². The SMILES string of the molecule is C[C@H]1CC=C2C(C)(CC[C@H]3C(C)(C)C4(CC[C@]23C)OCCO4)C1=O. The fourth-order valence-electron chi connectivity index (χ4n) is 6.81. The highest BCUT2D eigenvalue weighted by molar-refractivity contribution is 5.91. The van der Waals surface area contributed by atoms with E-state index in [1.54, 1.807) is 0 Å². The number of fused-ring (bicyclic) bond motifs is 3. The Balaban J connectivity index is 1.78. The third-order valence-corrected chi connectivity index (χ3v) is 8.16. The molecular formula is C21H32O3. The van der Waals surface area contributed by atoms with E-state index in [-0.39, 0.29) is 22.2 Å². The number of rotatable bonds is 0. The molecule has 2 saturated carbocycles. The molecule has 4 aliphatic rings. The fraction of sp³-hybridized carbons (Fsp3) is 0.857. The molecule has 1 unspecified atom stereocenters. The van der Waals surface area contributed by atoms with Crippen LogP contribution in [0.25, 0.3) is 0 Å². The van der Waals surface area contributed by atoms with Crippen LogP contribution in [-0.4, -0.2) is 24.8 Å². The number of carbonyl (C=O) groups excluding carboxylic acids is 1. The smallest absolute Gasteiger partial charge is 0.173 e. The Bertz CT molecular complexity index is 598. The van der Waals surface area contributed by atoms with Crippen LogP contribution in [0, 0.1) is 28.1 Å². The molecule has 3 fully saturated rings. The van der Waals surface area contributed by atoms with Gasteiger partial charge in [0.2, 0.25) is 0 Å². The zero-order valence-electron chi connectivity index (χ0n) is 15.9. The lowest BCUT2D eigenvalue weighted by molar-refractivity contribution is -0.284. The van der Waals surface area contributed by atoms with Crippen molar-refractivity contribution in [3.8, 4) is 0 Å². The second-order valence-electron chi connectivity index (χ2n) is 9.63. The Morgan fingerprint density at radius 3 is 2.38 bits per heavy atom. The molecule has 3 heteroatoms. The van der Waals surface area contributed by atoms with E-state index in [0.29, 0.717) is 24.9 Å². The topological polar surface area (TPSA) is 35.5 Å². The van der Waals surface area contributed by atoms with Crippen molar-refractivity contribution in [2.45, 2.75) is 72.5 Å². The molecule has 0 aromatic heterocycles. The molecule has 3 aliphatic carbocycles. The van der Waals surface area contributed by atoms with Crippen molar-refractivity contribution >= 4 is 5.78 Å². The van der Waals surface area contributed by atoms with Gasteiger partial charge in [-0.1, -0.05) is 39.3 Å². The lowest BCUT2D eigenvalue weighted by Gasteiger charge is -2.64. The summed E-state index contributed by atoms with van der Waals surface area (Å²) in [5.41, 5.74) is 1.23. The Kier molecular flexibility index (Phi) is 3.46. The number of ketones is 1. The Labute approximate surface area is 146 Å². The third-order valence-electron chi connectivity index (χ3n) is 8.16. The van der Waals surface area contributed by atoms with Gasteiger partial charge in [-0.2, -0.15) is 0 Å². The van der Waals surface area contributed by atoms with Gasteiger partial charge in [0.25, 0.3) is 0 Å². The minimum atomic E-state index is -0.419. The first kappa shape index (κ1) is 16.8. The monoisotopic (exact) mass is 332 g/mol. The molecule has 1 aliphatic heterocycles. The van der Waals surface area contributed by atoms with E-state index in [0.717, 1.165) is 32.1 Å². The average Bonchev–Trinajstić information content (AvgIpc) is 3.00. The van der Waals surface area contributed by atoms with E-state index in [1.165, 1.54) is 5.57 Å². The molecule has 0 aromatic carbocycles. The summed E-state index contributed by atoms with van der Waals surface area (Å²) >= 11 is 0. The first-order chi connectivity index (χ1) is 11.2. The summed E-state index contributed by atoms with van der Waals surface area (Å²) in [6.45, 7) is 12.8. The van der Waals surface area contributed by atoms with E-state index in [4.69, 9.17) is 9.47 Å². The second-order valence-corrected chi connectivity index (χ2v) is 9.63. The van der Waals surface area contributed by atoms with Gasteiger partial charge in [0.15, 0.2) is 5.79 Å². The van der Waals surface area contributed by atoms with Gasteiger partial charge in [-0.05, 0) is 43.9 Å². The predicted octanol–water partition coefficient (Wildman–Crippen LogP) is 4.51. The molecule has 0 amide bonds. The van der Waals surface area contributed by atoms with Crippen LogP contribution in [0.5, 0.6) is 0 Å². The summed E-state index contributed by atoms with van der Waals surface area (Å²) in [4.78, 5) is 13.0. The van der Waals surface area contributed by atoms with Gasteiger partial charge in [0.1, 0.15) is 5.78 Å². The Morgan fingerprint density at radius 2 is 1.71 bits per heavy atom. The van der Waals surface area contributed by atoms with Crippen molar-refractivity contribution in [2.24, 2.45) is 28.1 Å². The minimum Gasteiger partial charge on any atom is -0.347 e. The summed E-state index contributed by atoms with van der Waals surface area (Å²) in [5, 5.41) is 0. The maximum atomic E-state index is 13.0. The van der Waals surface area contributed by atoms with E-state index in [1.807, 2.05) is 0 Å². The lowest BCUT2D eigenvalue weighted by atomic mass is 9.42. The average molecular weight is 332 g/mol. The van der Waals surface area contributed by atoms with Gasteiger partial charge in [-0.15, -0.1) is 0 Å². The summed E-state index contributed by atoms with van der Waals surface area (Å²) in [7, 11) is 0. The molecule has 1 spiro atoms. The van der Waals surface area contributed by atoms with Crippen LogP contribution in [0.1, 0.15) is 66.7 Å². The molecule has 134 valence electrons. The Morgan fingerprint density at radius 1 is 1.04 bits per heavy atom. The first-order valence-corrected chi connectivity index (χ1v) is 9.71.